The van der Waals surface area contributed by atoms with Crippen LogP contribution in [0.3, 0.4) is 0 Å². The molecule has 0 spiro atoms. The van der Waals surface area contributed by atoms with E-state index in [1.54, 1.807) is 37.6 Å². The molecule has 1 aromatic heterocycles. The SMILES string of the molecule is COc1ccnc2ccc(C(N)=O)cc12. The normalized spacial score (nSPS) is 10.2. The van der Waals surface area contributed by atoms with Crippen molar-refractivity contribution in [1.29, 1.82) is 0 Å². The number of amides is 1. The lowest BCUT2D eigenvalue weighted by molar-refractivity contribution is 0.100. The van der Waals surface area contributed by atoms with Crippen molar-refractivity contribution in [2.45, 2.75) is 0 Å². The molecular formula is C11H10N2O2. The van der Waals surface area contributed by atoms with Gasteiger partial charge in [0.05, 0.1) is 12.6 Å². The molecule has 1 amide bonds. The van der Waals surface area contributed by atoms with E-state index in [1.807, 2.05) is 0 Å². The van der Waals surface area contributed by atoms with Crippen molar-refractivity contribution >= 4 is 16.8 Å². The van der Waals surface area contributed by atoms with E-state index in [0.29, 0.717) is 11.3 Å². The summed E-state index contributed by atoms with van der Waals surface area (Å²) in [5.41, 5.74) is 6.43. The molecule has 0 bridgehead atoms. The number of pyridine rings is 1. The fourth-order valence-electron chi connectivity index (χ4n) is 1.45. The van der Waals surface area contributed by atoms with Gasteiger partial charge in [0.1, 0.15) is 5.75 Å². The van der Waals surface area contributed by atoms with Gasteiger partial charge in [0.25, 0.3) is 0 Å². The highest BCUT2D eigenvalue weighted by molar-refractivity contribution is 5.98. The number of carbonyl (C=O) groups excluding carboxylic acids is 1. The van der Waals surface area contributed by atoms with Crippen molar-refractivity contribution in [3.8, 4) is 5.75 Å². The summed E-state index contributed by atoms with van der Waals surface area (Å²) in [6.07, 6.45) is 1.66. The summed E-state index contributed by atoms with van der Waals surface area (Å²) in [6, 6.07) is 6.83. The Bertz CT molecular complexity index is 523. The number of nitrogens with zero attached hydrogens (tertiary/aromatic N) is 1. The first-order chi connectivity index (χ1) is 7.22. The van der Waals surface area contributed by atoms with Crippen molar-refractivity contribution < 1.29 is 9.53 Å². The van der Waals surface area contributed by atoms with Crippen LogP contribution in [0.15, 0.2) is 30.5 Å². The Labute approximate surface area is 86.7 Å². The number of hydrogen-bond acceptors (Lipinski definition) is 3. The minimum Gasteiger partial charge on any atom is -0.496 e. The lowest BCUT2D eigenvalue weighted by atomic mass is 10.1. The van der Waals surface area contributed by atoms with Crippen LogP contribution in [-0.2, 0) is 0 Å². The maximum Gasteiger partial charge on any atom is 0.248 e. The first-order valence-corrected chi connectivity index (χ1v) is 4.45. The number of aromatic nitrogens is 1. The predicted octanol–water partition coefficient (Wildman–Crippen LogP) is 1.34. The van der Waals surface area contributed by atoms with Gasteiger partial charge in [0.15, 0.2) is 0 Å². The average Bonchev–Trinajstić information content (AvgIpc) is 2.27. The molecule has 76 valence electrons. The Morgan fingerprint density at radius 1 is 1.40 bits per heavy atom. The molecule has 1 aromatic carbocycles. The van der Waals surface area contributed by atoms with Crippen molar-refractivity contribution in [2.24, 2.45) is 5.73 Å². The van der Waals surface area contributed by atoms with E-state index in [9.17, 15) is 4.79 Å². The third-order valence-corrected chi connectivity index (χ3v) is 2.21. The highest BCUT2D eigenvalue weighted by Gasteiger charge is 2.05. The molecule has 0 saturated carbocycles. The molecule has 0 atom stereocenters. The van der Waals surface area contributed by atoms with Gasteiger partial charge in [-0.3, -0.25) is 9.78 Å². The molecule has 2 rings (SSSR count). The van der Waals surface area contributed by atoms with Gasteiger partial charge in [-0.1, -0.05) is 0 Å². The van der Waals surface area contributed by atoms with E-state index in [1.165, 1.54) is 0 Å². The maximum atomic E-state index is 11.0. The Morgan fingerprint density at radius 2 is 2.20 bits per heavy atom. The second kappa shape index (κ2) is 3.57. The number of nitrogens with two attached hydrogens (primary N) is 1. The van der Waals surface area contributed by atoms with Crippen LogP contribution in [0.5, 0.6) is 5.75 Å². The predicted molar refractivity (Wildman–Crippen MR) is 56.8 cm³/mol. The number of primary amides is 1. The molecule has 4 nitrogen and oxygen atoms in total. The topological polar surface area (TPSA) is 65.2 Å². The summed E-state index contributed by atoms with van der Waals surface area (Å²) >= 11 is 0. The summed E-state index contributed by atoms with van der Waals surface area (Å²) in [4.78, 5) is 15.2. The minimum atomic E-state index is -0.456. The maximum absolute atomic E-state index is 11.0. The zero-order chi connectivity index (χ0) is 10.8. The molecule has 0 aliphatic carbocycles. The van der Waals surface area contributed by atoms with E-state index in [-0.39, 0.29) is 0 Å². The summed E-state index contributed by atoms with van der Waals surface area (Å²) < 4.78 is 5.17. The molecule has 0 saturated heterocycles. The number of ether oxygens (including phenoxy) is 1. The highest BCUT2D eigenvalue weighted by atomic mass is 16.5. The van der Waals surface area contributed by atoms with Crippen molar-refractivity contribution in [1.82, 2.24) is 4.98 Å². The fraction of sp³-hybridized carbons (Fsp3) is 0.0909. The van der Waals surface area contributed by atoms with E-state index >= 15 is 0 Å². The van der Waals surface area contributed by atoms with Crippen LogP contribution < -0.4 is 10.5 Å². The van der Waals surface area contributed by atoms with Crippen LogP contribution in [0.1, 0.15) is 10.4 Å². The van der Waals surface area contributed by atoms with E-state index < -0.39 is 5.91 Å². The molecule has 0 fully saturated rings. The first-order valence-electron chi connectivity index (χ1n) is 4.45. The average molecular weight is 202 g/mol. The zero-order valence-corrected chi connectivity index (χ0v) is 8.23. The fourth-order valence-corrected chi connectivity index (χ4v) is 1.45. The Kier molecular flexibility index (Phi) is 2.25. The monoisotopic (exact) mass is 202 g/mol. The van der Waals surface area contributed by atoms with Gasteiger partial charge in [-0.05, 0) is 24.3 Å². The molecule has 4 heteroatoms. The van der Waals surface area contributed by atoms with Gasteiger partial charge >= 0.3 is 0 Å². The third-order valence-electron chi connectivity index (χ3n) is 2.21. The van der Waals surface area contributed by atoms with Gasteiger partial charge < -0.3 is 10.5 Å². The van der Waals surface area contributed by atoms with Crippen LogP contribution in [-0.4, -0.2) is 18.0 Å². The van der Waals surface area contributed by atoms with E-state index in [2.05, 4.69) is 4.98 Å². The third kappa shape index (κ3) is 1.61. The van der Waals surface area contributed by atoms with Gasteiger partial charge in [0, 0.05) is 17.1 Å². The van der Waals surface area contributed by atoms with E-state index in [0.717, 1.165) is 10.9 Å². The molecule has 1 heterocycles. The quantitative estimate of drug-likeness (QED) is 0.799. The van der Waals surface area contributed by atoms with Crippen molar-refractivity contribution in [2.75, 3.05) is 7.11 Å². The molecule has 0 radical (unpaired) electrons. The minimum absolute atomic E-state index is 0.453. The first kappa shape index (κ1) is 9.45. The molecule has 2 N–H and O–H groups in total. The second-order valence-corrected chi connectivity index (χ2v) is 3.11. The lowest BCUT2D eigenvalue weighted by Gasteiger charge is -2.05. The molecule has 0 unspecified atom stereocenters. The second-order valence-electron chi connectivity index (χ2n) is 3.11. The van der Waals surface area contributed by atoms with Crippen LogP contribution in [0.4, 0.5) is 0 Å². The molecule has 15 heavy (non-hydrogen) atoms. The lowest BCUT2D eigenvalue weighted by Crippen LogP contribution is -2.10. The summed E-state index contributed by atoms with van der Waals surface area (Å²) in [5, 5.41) is 0.788. The van der Waals surface area contributed by atoms with Crippen molar-refractivity contribution in [3.63, 3.8) is 0 Å². The Hall–Kier alpha value is -2.10. The number of fused-ring (bicyclic) bond motifs is 1. The smallest absolute Gasteiger partial charge is 0.248 e. The molecule has 2 aromatic rings. The van der Waals surface area contributed by atoms with Crippen LogP contribution in [0, 0.1) is 0 Å². The van der Waals surface area contributed by atoms with Crippen LogP contribution in [0.2, 0.25) is 0 Å². The number of carbonyl (C=O) groups is 1. The standard InChI is InChI=1S/C11H10N2O2/c1-15-10-4-5-13-9-3-2-7(11(12)14)6-8(9)10/h2-6H,1H3,(H2,12,14). The number of rotatable bonds is 2. The Morgan fingerprint density at radius 3 is 2.87 bits per heavy atom. The summed E-state index contributed by atoms with van der Waals surface area (Å²) in [6.45, 7) is 0. The van der Waals surface area contributed by atoms with Crippen LogP contribution in [0.25, 0.3) is 10.9 Å². The van der Waals surface area contributed by atoms with Gasteiger partial charge in [0.2, 0.25) is 5.91 Å². The van der Waals surface area contributed by atoms with Crippen LogP contribution >= 0.6 is 0 Å². The summed E-state index contributed by atoms with van der Waals surface area (Å²) in [7, 11) is 1.58. The van der Waals surface area contributed by atoms with Gasteiger partial charge in [-0.15, -0.1) is 0 Å². The Balaban J connectivity index is 2.72. The number of hydrogen-bond donors (Lipinski definition) is 1. The largest absolute Gasteiger partial charge is 0.496 e. The van der Waals surface area contributed by atoms with E-state index in [4.69, 9.17) is 10.5 Å². The molecular weight excluding hydrogens is 192 g/mol. The number of benzene rings is 1. The molecule has 0 aliphatic heterocycles. The zero-order valence-electron chi connectivity index (χ0n) is 8.23. The van der Waals surface area contributed by atoms with Gasteiger partial charge in [-0.25, -0.2) is 0 Å². The van der Waals surface area contributed by atoms with Crippen molar-refractivity contribution in [3.05, 3.63) is 36.0 Å². The molecule has 0 aliphatic rings. The highest BCUT2D eigenvalue weighted by Crippen LogP contribution is 2.24. The van der Waals surface area contributed by atoms with Gasteiger partial charge in [-0.2, -0.15) is 0 Å². The summed E-state index contributed by atoms with van der Waals surface area (Å²) in [5.74, 6) is 0.228. The number of methoxy groups -OCH3 is 1.